The second kappa shape index (κ2) is 8.50. The molecule has 7 heteroatoms. The summed E-state index contributed by atoms with van der Waals surface area (Å²) < 4.78 is 10.6. The van der Waals surface area contributed by atoms with Crippen molar-refractivity contribution >= 4 is 33.4 Å². The van der Waals surface area contributed by atoms with E-state index >= 15 is 0 Å². The second-order valence-corrected chi connectivity index (χ2v) is 5.49. The summed E-state index contributed by atoms with van der Waals surface area (Å²) in [5.41, 5.74) is 0.818. The normalized spacial score (nSPS) is 10.3. The zero-order valence-electron chi connectivity index (χ0n) is 12.6. The molecule has 0 spiro atoms. The van der Waals surface area contributed by atoms with Crippen LogP contribution in [0.1, 0.15) is 27.3 Å². The van der Waals surface area contributed by atoms with Crippen molar-refractivity contribution in [1.82, 2.24) is 5.32 Å². The van der Waals surface area contributed by atoms with Gasteiger partial charge in [-0.15, -0.1) is 0 Å². The highest BCUT2D eigenvalue weighted by Gasteiger charge is 2.15. The van der Waals surface area contributed by atoms with Gasteiger partial charge < -0.3 is 19.8 Å². The number of carbonyl (C=O) groups is 2. The molecule has 6 nitrogen and oxygen atoms in total. The summed E-state index contributed by atoms with van der Waals surface area (Å²) in [6.45, 7) is 1.08. The largest absolute Gasteiger partial charge is 0.444 e. The molecule has 2 aromatic rings. The third kappa shape index (κ3) is 4.94. The lowest BCUT2D eigenvalue weighted by Crippen LogP contribution is -2.26. The fourth-order valence-electron chi connectivity index (χ4n) is 1.92. The molecule has 0 radical (unpaired) electrons. The van der Waals surface area contributed by atoms with E-state index in [-0.39, 0.29) is 11.7 Å². The number of halogens is 1. The van der Waals surface area contributed by atoms with Gasteiger partial charge in [0.05, 0.1) is 11.3 Å². The molecule has 0 aliphatic carbocycles. The molecule has 0 atom stereocenters. The number of hydrogen-bond acceptors (Lipinski definition) is 4. The second-order valence-electron chi connectivity index (χ2n) is 4.71. The van der Waals surface area contributed by atoms with E-state index in [0.717, 1.165) is 6.42 Å². The Bertz CT molecular complexity index is 684. The topological polar surface area (TPSA) is 80.6 Å². The molecule has 0 unspecified atom stereocenters. The molecule has 0 fully saturated rings. The first-order valence-electron chi connectivity index (χ1n) is 7.04. The summed E-state index contributed by atoms with van der Waals surface area (Å²) in [6, 6.07) is 9.98. The molecule has 122 valence electrons. The third-order valence-electron chi connectivity index (χ3n) is 3.03. The van der Waals surface area contributed by atoms with E-state index in [1.54, 1.807) is 43.5 Å². The van der Waals surface area contributed by atoms with Crippen LogP contribution >= 0.6 is 15.9 Å². The maximum absolute atomic E-state index is 12.2. The van der Waals surface area contributed by atoms with Crippen molar-refractivity contribution < 1.29 is 18.7 Å². The molecule has 0 saturated heterocycles. The van der Waals surface area contributed by atoms with E-state index in [1.807, 2.05) is 0 Å². The first-order valence-corrected chi connectivity index (χ1v) is 7.84. The number of methoxy groups -OCH3 is 1. The van der Waals surface area contributed by atoms with Crippen LogP contribution < -0.4 is 10.6 Å². The van der Waals surface area contributed by atoms with Crippen molar-refractivity contribution in [3.8, 4) is 0 Å². The molecule has 0 bridgehead atoms. The van der Waals surface area contributed by atoms with E-state index in [0.29, 0.717) is 29.1 Å². The lowest BCUT2D eigenvalue weighted by molar-refractivity contribution is 0.0949. The van der Waals surface area contributed by atoms with Crippen LogP contribution in [-0.2, 0) is 4.74 Å². The Morgan fingerprint density at radius 1 is 1.17 bits per heavy atom. The summed E-state index contributed by atoms with van der Waals surface area (Å²) in [5.74, 6) is -0.514. The Labute approximate surface area is 142 Å². The first-order chi connectivity index (χ1) is 11.1. The molecule has 0 aliphatic rings. The van der Waals surface area contributed by atoms with E-state index in [2.05, 4.69) is 26.6 Å². The van der Waals surface area contributed by atoms with Crippen molar-refractivity contribution in [3.63, 3.8) is 0 Å². The van der Waals surface area contributed by atoms with Crippen LogP contribution in [0.5, 0.6) is 0 Å². The van der Waals surface area contributed by atoms with Gasteiger partial charge in [0.25, 0.3) is 11.8 Å². The minimum Gasteiger partial charge on any atom is -0.444 e. The molecule has 1 aromatic carbocycles. The van der Waals surface area contributed by atoms with Gasteiger partial charge in [0.15, 0.2) is 10.4 Å². The van der Waals surface area contributed by atoms with E-state index in [9.17, 15) is 9.59 Å². The highest BCUT2D eigenvalue weighted by atomic mass is 79.9. The fourth-order valence-corrected chi connectivity index (χ4v) is 2.23. The summed E-state index contributed by atoms with van der Waals surface area (Å²) in [4.78, 5) is 24.3. The molecule has 0 aliphatic heterocycles. The zero-order chi connectivity index (χ0) is 16.7. The van der Waals surface area contributed by atoms with Gasteiger partial charge in [-0.3, -0.25) is 9.59 Å². The van der Waals surface area contributed by atoms with Crippen LogP contribution in [0.25, 0.3) is 0 Å². The Kier molecular flexibility index (Phi) is 6.37. The predicted molar refractivity (Wildman–Crippen MR) is 89.6 cm³/mol. The van der Waals surface area contributed by atoms with Crippen LogP contribution in [0.3, 0.4) is 0 Å². The summed E-state index contributed by atoms with van der Waals surface area (Å²) in [6.07, 6.45) is 0.719. The number of hydrogen-bond donors (Lipinski definition) is 2. The number of carbonyl (C=O) groups excluding carboxylic acids is 2. The van der Waals surface area contributed by atoms with Crippen molar-refractivity contribution in [1.29, 1.82) is 0 Å². The van der Waals surface area contributed by atoms with Crippen molar-refractivity contribution in [2.75, 3.05) is 25.6 Å². The Morgan fingerprint density at radius 2 is 1.96 bits per heavy atom. The van der Waals surface area contributed by atoms with Crippen molar-refractivity contribution in [3.05, 3.63) is 52.4 Å². The molecule has 1 aromatic heterocycles. The number of amides is 2. The van der Waals surface area contributed by atoms with Crippen molar-refractivity contribution in [2.45, 2.75) is 6.42 Å². The van der Waals surface area contributed by atoms with Gasteiger partial charge in [-0.05, 0) is 46.6 Å². The number of furan rings is 1. The van der Waals surface area contributed by atoms with Gasteiger partial charge in [-0.25, -0.2) is 0 Å². The minimum atomic E-state index is -0.421. The molecule has 2 N–H and O–H groups in total. The van der Waals surface area contributed by atoms with Gasteiger partial charge in [0.1, 0.15) is 0 Å². The summed E-state index contributed by atoms with van der Waals surface area (Å²) in [5, 5.41) is 5.47. The highest BCUT2D eigenvalue weighted by Crippen LogP contribution is 2.18. The summed E-state index contributed by atoms with van der Waals surface area (Å²) >= 11 is 3.14. The number of para-hydroxylation sites is 1. The van der Waals surface area contributed by atoms with Gasteiger partial charge >= 0.3 is 0 Å². The number of nitrogens with one attached hydrogen (secondary N) is 2. The van der Waals surface area contributed by atoms with Crippen LogP contribution in [-0.4, -0.2) is 32.1 Å². The average Bonchev–Trinajstić information content (AvgIpc) is 2.98. The number of ether oxygens (including phenoxy) is 1. The van der Waals surface area contributed by atoms with Crippen LogP contribution in [0.2, 0.25) is 0 Å². The molecule has 23 heavy (non-hydrogen) atoms. The van der Waals surface area contributed by atoms with Gasteiger partial charge in [0.2, 0.25) is 0 Å². The van der Waals surface area contributed by atoms with Crippen LogP contribution in [0.4, 0.5) is 5.69 Å². The Hall–Kier alpha value is -2.12. The van der Waals surface area contributed by atoms with Gasteiger partial charge in [-0.1, -0.05) is 12.1 Å². The number of rotatable bonds is 7. The molecule has 0 saturated carbocycles. The van der Waals surface area contributed by atoms with E-state index in [4.69, 9.17) is 9.15 Å². The maximum Gasteiger partial charge on any atom is 0.291 e. The Morgan fingerprint density at radius 3 is 2.65 bits per heavy atom. The number of anilines is 1. The van der Waals surface area contributed by atoms with Crippen LogP contribution in [0, 0.1) is 0 Å². The molecule has 2 rings (SSSR count). The van der Waals surface area contributed by atoms with Crippen LogP contribution in [0.15, 0.2) is 45.5 Å². The van der Waals surface area contributed by atoms with E-state index < -0.39 is 5.91 Å². The SMILES string of the molecule is COCCCNC(=O)c1ccccc1NC(=O)c1ccc(Br)o1. The number of benzene rings is 1. The molecular formula is C16H17BrN2O4. The third-order valence-corrected chi connectivity index (χ3v) is 3.45. The highest BCUT2D eigenvalue weighted by molar-refractivity contribution is 9.10. The lowest BCUT2D eigenvalue weighted by Gasteiger charge is -2.10. The summed E-state index contributed by atoms with van der Waals surface area (Å²) in [7, 11) is 1.61. The standard InChI is InChI=1S/C16H17BrN2O4/c1-22-10-4-9-18-15(20)11-5-2-3-6-12(11)19-16(21)13-7-8-14(17)23-13/h2-3,5-8H,4,9-10H2,1H3,(H,18,20)(H,19,21). The minimum absolute atomic E-state index is 0.159. The maximum atomic E-state index is 12.2. The average molecular weight is 381 g/mol. The molecular weight excluding hydrogens is 364 g/mol. The molecule has 1 heterocycles. The fraction of sp³-hybridized carbons (Fsp3) is 0.250. The van der Waals surface area contributed by atoms with Crippen molar-refractivity contribution in [2.24, 2.45) is 0 Å². The monoisotopic (exact) mass is 380 g/mol. The zero-order valence-corrected chi connectivity index (χ0v) is 14.2. The van der Waals surface area contributed by atoms with Gasteiger partial charge in [-0.2, -0.15) is 0 Å². The van der Waals surface area contributed by atoms with Gasteiger partial charge in [0, 0.05) is 20.3 Å². The Balaban J connectivity index is 2.05. The first kappa shape index (κ1) is 17.2. The van der Waals surface area contributed by atoms with E-state index in [1.165, 1.54) is 0 Å². The quantitative estimate of drug-likeness (QED) is 0.723. The molecule has 2 amide bonds. The smallest absolute Gasteiger partial charge is 0.291 e. The predicted octanol–water partition coefficient (Wildman–Crippen LogP) is 3.06. The lowest BCUT2D eigenvalue weighted by atomic mass is 10.1.